The summed E-state index contributed by atoms with van der Waals surface area (Å²) in [7, 11) is 0. The van der Waals surface area contributed by atoms with Crippen LogP contribution < -0.4 is 0 Å². The Bertz CT molecular complexity index is 541. The number of piperidine rings is 1. The van der Waals surface area contributed by atoms with Crippen LogP contribution in [0.1, 0.15) is 43.6 Å². The summed E-state index contributed by atoms with van der Waals surface area (Å²) in [5.74, 6) is -1.79. The molecule has 1 amide bonds. The quantitative estimate of drug-likeness (QED) is 0.929. The van der Waals surface area contributed by atoms with E-state index in [4.69, 9.17) is 5.11 Å². The molecule has 1 aliphatic carbocycles. The number of likely N-dealkylation sites (tertiary alicyclic amines) is 1. The van der Waals surface area contributed by atoms with E-state index in [1.165, 1.54) is 18.2 Å². The molecule has 1 saturated heterocycles. The van der Waals surface area contributed by atoms with Crippen LogP contribution in [-0.4, -0.2) is 35.1 Å². The van der Waals surface area contributed by atoms with Gasteiger partial charge in [-0.05, 0) is 44.2 Å². The largest absolute Gasteiger partial charge is 0.396 e. The van der Waals surface area contributed by atoms with Crippen LogP contribution in [0.15, 0.2) is 18.2 Å². The van der Waals surface area contributed by atoms with Gasteiger partial charge in [-0.1, -0.05) is 6.07 Å². The van der Waals surface area contributed by atoms with E-state index < -0.39 is 11.6 Å². The third-order valence-electron chi connectivity index (χ3n) is 4.85. The number of carbonyl (C=O) groups is 1. The maximum absolute atomic E-state index is 13.8. The predicted molar refractivity (Wildman–Crippen MR) is 78.3 cm³/mol. The predicted octanol–water partition coefficient (Wildman–Crippen LogP) is 2.83. The van der Waals surface area contributed by atoms with Crippen molar-refractivity contribution in [2.75, 3.05) is 13.2 Å². The third kappa shape index (κ3) is 2.86. The highest BCUT2D eigenvalue weighted by Gasteiger charge is 2.49. The zero-order valence-corrected chi connectivity index (χ0v) is 12.5. The summed E-state index contributed by atoms with van der Waals surface area (Å²) in [6, 6.07) is 3.90. The maximum Gasteiger partial charge on any atom is 0.226 e. The van der Waals surface area contributed by atoms with Gasteiger partial charge >= 0.3 is 0 Å². The first-order valence-corrected chi connectivity index (χ1v) is 7.98. The molecule has 2 aliphatic rings. The van der Waals surface area contributed by atoms with E-state index in [9.17, 15) is 13.6 Å². The van der Waals surface area contributed by atoms with Gasteiger partial charge in [0.05, 0.1) is 0 Å². The molecule has 1 N–H and O–H groups in total. The second-order valence-corrected chi connectivity index (χ2v) is 6.28. The Morgan fingerprint density at radius 3 is 2.68 bits per heavy atom. The van der Waals surface area contributed by atoms with Gasteiger partial charge in [-0.2, -0.15) is 0 Å². The van der Waals surface area contributed by atoms with Gasteiger partial charge in [-0.15, -0.1) is 0 Å². The molecule has 1 aromatic carbocycles. The van der Waals surface area contributed by atoms with E-state index in [1.54, 1.807) is 0 Å². The average molecular weight is 309 g/mol. The molecule has 1 aromatic rings. The van der Waals surface area contributed by atoms with E-state index in [1.807, 2.05) is 4.90 Å². The fourth-order valence-electron chi connectivity index (χ4n) is 3.60. The van der Waals surface area contributed by atoms with Crippen LogP contribution in [0.3, 0.4) is 0 Å². The van der Waals surface area contributed by atoms with Crippen molar-refractivity contribution in [1.82, 2.24) is 4.90 Å². The van der Waals surface area contributed by atoms with Crippen LogP contribution in [0.4, 0.5) is 8.78 Å². The van der Waals surface area contributed by atoms with Gasteiger partial charge < -0.3 is 10.0 Å². The fourth-order valence-corrected chi connectivity index (χ4v) is 3.60. The van der Waals surface area contributed by atoms with Crippen molar-refractivity contribution < 1.29 is 18.7 Å². The SMILES string of the molecule is O=C(C1CC1c1c(F)cccc1F)N1CCCCC1CCO. The Morgan fingerprint density at radius 1 is 1.27 bits per heavy atom. The Hall–Kier alpha value is -1.49. The smallest absolute Gasteiger partial charge is 0.226 e. The van der Waals surface area contributed by atoms with Gasteiger partial charge in [0, 0.05) is 36.6 Å². The number of carbonyl (C=O) groups excluding carboxylic acids is 1. The standard InChI is InChI=1S/C17H21F2NO2/c18-14-5-3-6-15(19)16(14)12-10-13(12)17(22)20-8-2-1-4-11(20)7-9-21/h3,5-6,11-13,21H,1-2,4,7-10H2. The Balaban J connectivity index is 1.72. The highest BCUT2D eigenvalue weighted by atomic mass is 19.1. The summed E-state index contributed by atoms with van der Waals surface area (Å²) in [5, 5.41) is 9.14. The lowest BCUT2D eigenvalue weighted by Gasteiger charge is -2.36. The summed E-state index contributed by atoms with van der Waals surface area (Å²) < 4.78 is 27.6. The van der Waals surface area contributed by atoms with Crippen molar-refractivity contribution >= 4 is 5.91 Å². The lowest BCUT2D eigenvalue weighted by Crippen LogP contribution is -2.45. The monoisotopic (exact) mass is 309 g/mol. The molecule has 5 heteroatoms. The van der Waals surface area contributed by atoms with Gasteiger partial charge in [-0.3, -0.25) is 4.79 Å². The van der Waals surface area contributed by atoms with E-state index in [0.717, 1.165) is 19.3 Å². The van der Waals surface area contributed by atoms with Gasteiger partial charge in [0.2, 0.25) is 5.91 Å². The molecule has 3 unspecified atom stereocenters. The van der Waals surface area contributed by atoms with Crippen LogP contribution in [0.25, 0.3) is 0 Å². The van der Waals surface area contributed by atoms with Crippen molar-refractivity contribution in [3.63, 3.8) is 0 Å². The topological polar surface area (TPSA) is 40.5 Å². The molecule has 1 aliphatic heterocycles. The van der Waals surface area contributed by atoms with Crippen LogP contribution in [0.2, 0.25) is 0 Å². The highest BCUT2D eigenvalue weighted by Crippen LogP contribution is 2.50. The average Bonchev–Trinajstić information content (AvgIpc) is 3.28. The number of nitrogens with zero attached hydrogens (tertiary/aromatic N) is 1. The molecule has 3 nitrogen and oxygen atoms in total. The van der Waals surface area contributed by atoms with Crippen molar-refractivity contribution in [3.8, 4) is 0 Å². The first kappa shape index (κ1) is 15.4. The molecule has 0 bridgehead atoms. The minimum absolute atomic E-state index is 0.00852. The second-order valence-electron chi connectivity index (χ2n) is 6.28. The number of rotatable bonds is 4. The molecule has 2 fully saturated rings. The van der Waals surface area contributed by atoms with Crippen LogP contribution >= 0.6 is 0 Å². The minimum Gasteiger partial charge on any atom is -0.396 e. The number of aliphatic hydroxyl groups excluding tert-OH is 1. The molecular weight excluding hydrogens is 288 g/mol. The molecule has 22 heavy (non-hydrogen) atoms. The molecule has 120 valence electrons. The van der Waals surface area contributed by atoms with E-state index in [2.05, 4.69) is 0 Å². The van der Waals surface area contributed by atoms with Crippen molar-refractivity contribution in [3.05, 3.63) is 35.4 Å². The third-order valence-corrected chi connectivity index (χ3v) is 4.85. The lowest BCUT2D eigenvalue weighted by molar-refractivity contribution is -0.136. The summed E-state index contributed by atoms with van der Waals surface area (Å²) >= 11 is 0. The lowest BCUT2D eigenvalue weighted by atomic mass is 9.98. The van der Waals surface area contributed by atoms with Gasteiger partial charge in [0.15, 0.2) is 0 Å². The molecule has 1 saturated carbocycles. The number of hydrogen-bond acceptors (Lipinski definition) is 2. The highest BCUT2D eigenvalue weighted by molar-refractivity contribution is 5.83. The van der Waals surface area contributed by atoms with Crippen LogP contribution in [0, 0.1) is 17.6 Å². The molecule has 0 aromatic heterocycles. The van der Waals surface area contributed by atoms with Crippen molar-refractivity contribution in [1.29, 1.82) is 0 Å². The first-order valence-electron chi connectivity index (χ1n) is 7.98. The fraction of sp³-hybridized carbons (Fsp3) is 0.588. The number of halogens is 2. The minimum atomic E-state index is -0.564. The number of benzene rings is 1. The Labute approximate surface area is 128 Å². The molecular formula is C17H21F2NO2. The molecule has 3 atom stereocenters. The molecule has 0 radical (unpaired) electrons. The van der Waals surface area contributed by atoms with Crippen LogP contribution in [0.5, 0.6) is 0 Å². The Kier molecular flexibility index (Phi) is 4.43. The van der Waals surface area contributed by atoms with Crippen molar-refractivity contribution in [2.45, 2.75) is 44.1 Å². The van der Waals surface area contributed by atoms with E-state index >= 15 is 0 Å². The maximum atomic E-state index is 13.8. The summed E-state index contributed by atoms with van der Waals surface area (Å²) in [6.07, 6.45) is 4.01. The second kappa shape index (κ2) is 6.32. The first-order chi connectivity index (χ1) is 10.6. The molecule has 3 rings (SSSR count). The normalized spacial score (nSPS) is 27.8. The molecule has 1 heterocycles. The molecule has 0 spiro atoms. The summed E-state index contributed by atoms with van der Waals surface area (Å²) in [5.41, 5.74) is 0.0524. The summed E-state index contributed by atoms with van der Waals surface area (Å²) in [4.78, 5) is 14.5. The van der Waals surface area contributed by atoms with Gasteiger partial charge in [-0.25, -0.2) is 8.78 Å². The van der Waals surface area contributed by atoms with E-state index in [0.29, 0.717) is 19.4 Å². The number of amides is 1. The van der Waals surface area contributed by atoms with Gasteiger partial charge in [0.1, 0.15) is 11.6 Å². The van der Waals surface area contributed by atoms with E-state index in [-0.39, 0.29) is 36.0 Å². The van der Waals surface area contributed by atoms with Gasteiger partial charge in [0.25, 0.3) is 0 Å². The van der Waals surface area contributed by atoms with Crippen molar-refractivity contribution in [2.24, 2.45) is 5.92 Å². The number of aliphatic hydroxyl groups is 1. The summed E-state index contributed by atoms with van der Waals surface area (Å²) in [6.45, 7) is 0.747. The Morgan fingerprint density at radius 2 is 2.00 bits per heavy atom. The zero-order valence-electron chi connectivity index (χ0n) is 12.5. The van der Waals surface area contributed by atoms with Crippen LogP contribution in [-0.2, 0) is 4.79 Å². The zero-order chi connectivity index (χ0) is 15.7. The number of hydrogen-bond donors (Lipinski definition) is 1.